The maximum absolute atomic E-state index is 13.9. The molecule has 1 unspecified atom stereocenters. The summed E-state index contributed by atoms with van der Waals surface area (Å²) in [5.41, 5.74) is 1.12. The first-order valence-electron chi connectivity index (χ1n) is 7.10. The highest BCUT2D eigenvalue weighted by molar-refractivity contribution is 6.30. The number of rotatable bonds is 6. The van der Waals surface area contributed by atoms with Gasteiger partial charge in [-0.2, -0.15) is 0 Å². The highest BCUT2D eigenvalue weighted by Gasteiger charge is 2.11. The molecule has 0 fully saturated rings. The Morgan fingerprint density at radius 1 is 1.19 bits per heavy atom. The summed E-state index contributed by atoms with van der Waals surface area (Å²) in [5.74, 6) is 0.199. The predicted octanol–water partition coefficient (Wildman–Crippen LogP) is 5.33. The average molecular weight is 308 g/mol. The van der Waals surface area contributed by atoms with E-state index in [2.05, 4.69) is 19.2 Å². The summed E-state index contributed by atoms with van der Waals surface area (Å²) in [7, 11) is 0. The summed E-state index contributed by atoms with van der Waals surface area (Å²) in [5, 5.41) is 3.47. The van der Waals surface area contributed by atoms with Gasteiger partial charge in [0.1, 0.15) is 5.75 Å². The van der Waals surface area contributed by atoms with Gasteiger partial charge in [0, 0.05) is 6.04 Å². The van der Waals surface area contributed by atoms with E-state index in [0.717, 1.165) is 18.5 Å². The van der Waals surface area contributed by atoms with Gasteiger partial charge in [0.2, 0.25) is 0 Å². The number of benzene rings is 2. The molecule has 0 radical (unpaired) electrons. The minimum atomic E-state index is -0.539. The number of hydrogen-bond acceptors (Lipinski definition) is 2. The third-order valence-corrected chi connectivity index (χ3v) is 3.56. The van der Waals surface area contributed by atoms with Gasteiger partial charge in [0.05, 0.1) is 5.02 Å². The SMILES string of the molecule is CCNC(CC)c1cccc(Oc2cccc(Cl)c2F)c1. The van der Waals surface area contributed by atoms with Gasteiger partial charge in [-0.15, -0.1) is 0 Å². The lowest BCUT2D eigenvalue weighted by molar-refractivity contribution is 0.440. The zero-order valence-electron chi connectivity index (χ0n) is 12.2. The molecule has 0 aliphatic heterocycles. The van der Waals surface area contributed by atoms with Crippen LogP contribution >= 0.6 is 11.6 Å². The maximum Gasteiger partial charge on any atom is 0.184 e. The van der Waals surface area contributed by atoms with Crippen LogP contribution in [0.5, 0.6) is 11.5 Å². The first-order chi connectivity index (χ1) is 10.2. The molecule has 0 aliphatic rings. The van der Waals surface area contributed by atoms with Crippen molar-refractivity contribution in [2.45, 2.75) is 26.3 Å². The van der Waals surface area contributed by atoms with Crippen LogP contribution in [-0.4, -0.2) is 6.54 Å². The fourth-order valence-electron chi connectivity index (χ4n) is 2.23. The van der Waals surface area contributed by atoms with Crippen LogP contribution in [0.25, 0.3) is 0 Å². The van der Waals surface area contributed by atoms with E-state index in [-0.39, 0.29) is 16.8 Å². The number of ether oxygens (including phenoxy) is 1. The van der Waals surface area contributed by atoms with Gasteiger partial charge in [-0.05, 0) is 42.8 Å². The van der Waals surface area contributed by atoms with Gasteiger partial charge in [0.25, 0.3) is 0 Å². The second kappa shape index (κ2) is 7.43. The van der Waals surface area contributed by atoms with Crippen LogP contribution in [0.4, 0.5) is 4.39 Å². The van der Waals surface area contributed by atoms with Crippen molar-refractivity contribution in [3.8, 4) is 11.5 Å². The molecular weight excluding hydrogens is 289 g/mol. The van der Waals surface area contributed by atoms with Crippen LogP contribution in [-0.2, 0) is 0 Å². The minimum Gasteiger partial charge on any atom is -0.454 e. The van der Waals surface area contributed by atoms with Crippen LogP contribution < -0.4 is 10.1 Å². The van der Waals surface area contributed by atoms with E-state index in [0.29, 0.717) is 5.75 Å². The lowest BCUT2D eigenvalue weighted by Gasteiger charge is -2.17. The highest BCUT2D eigenvalue weighted by Crippen LogP contribution is 2.30. The fraction of sp³-hybridized carbons (Fsp3) is 0.294. The molecule has 0 aliphatic carbocycles. The monoisotopic (exact) mass is 307 g/mol. The van der Waals surface area contributed by atoms with Gasteiger partial charge >= 0.3 is 0 Å². The van der Waals surface area contributed by atoms with E-state index >= 15 is 0 Å². The molecule has 2 aromatic carbocycles. The minimum absolute atomic E-state index is 0.0581. The third kappa shape index (κ3) is 3.96. The molecule has 0 spiro atoms. The second-order valence-electron chi connectivity index (χ2n) is 4.75. The molecule has 4 heteroatoms. The largest absolute Gasteiger partial charge is 0.454 e. The van der Waals surface area contributed by atoms with Crippen molar-refractivity contribution in [1.82, 2.24) is 5.32 Å². The molecular formula is C17H19ClFNO. The maximum atomic E-state index is 13.9. The normalized spacial score (nSPS) is 12.2. The standard InChI is InChI=1S/C17H19ClFNO/c1-3-15(20-4-2)12-7-5-8-13(11-12)21-16-10-6-9-14(18)17(16)19/h5-11,15,20H,3-4H2,1-2H3. The summed E-state index contributed by atoms with van der Waals surface area (Å²) in [6, 6.07) is 12.7. The number of halogens is 2. The smallest absolute Gasteiger partial charge is 0.184 e. The quantitative estimate of drug-likeness (QED) is 0.778. The Balaban J connectivity index is 2.23. The van der Waals surface area contributed by atoms with Crippen LogP contribution in [0, 0.1) is 5.82 Å². The van der Waals surface area contributed by atoms with Crippen LogP contribution in [0.1, 0.15) is 31.9 Å². The summed E-state index contributed by atoms with van der Waals surface area (Å²) in [6.07, 6.45) is 0.975. The lowest BCUT2D eigenvalue weighted by Crippen LogP contribution is -2.19. The first-order valence-corrected chi connectivity index (χ1v) is 7.48. The molecule has 0 amide bonds. The van der Waals surface area contributed by atoms with Crippen molar-refractivity contribution < 1.29 is 9.13 Å². The van der Waals surface area contributed by atoms with Gasteiger partial charge in [-0.1, -0.05) is 43.6 Å². The summed E-state index contributed by atoms with van der Waals surface area (Å²) >= 11 is 5.76. The molecule has 0 saturated carbocycles. The Morgan fingerprint density at radius 3 is 2.67 bits per heavy atom. The van der Waals surface area contributed by atoms with E-state index in [1.54, 1.807) is 12.1 Å². The van der Waals surface area contributed by atoms with Crippen molar-refractivity contribution in [1.29, 1.82) is 0 Å². The van der Waals surface area contributed by atoms with Gasteiger partial charge in [0.15, 0.2) is 11.6 Å². The van der Waals surface area contributed by atoms with Gasteiger partial charge < -0.3 is 10.1 Å². The Kier molecular flexibility index (Phi) is 5.59. The van der Waals surface area contributed by atoms with Crippen molar-refractivity contribution in [3.05, 3.63) is 58.9 Å². The van der Waals surface area contributed by atoms with Crippen molar-refractivity contribution in [3.63, 3.8) is 0 Å². The summed E-state index contributed by atoms with van der Waals surface area (Å²) in [6.45, 7) is 5.09. The van der Waals surface area contributed by atoms with E-state index in [1.807, 2.05) is 24.3 Å². The Hall–Kier alpha value is -1.58. The van der Waals surface area contributed by atoms with Crippen LogP contribution in [0.2, 0.25) is 5.02 Å². The highest BCUT2D eigenvalue weighted by atomic mass is 35.5. The molecule has 0 bridgehead atoms. The third-order valence-electron chi connectivity index (χ3n) is 3.26. The van der Waals surface area contributed by atoms with Crippen molar-refractivity contribution in [2.75, 3.05) is 6.54 Å². The summed E-state index contributed by atoms with van der Waals surface area (Å²) in [4.78, 5) is 0. The van der Waals surface area contributed by atoms with Crippen LogP contribution in [0.3, 0.4) is 0 Å². The number of hydrogen-bond donors (Lipinski definition) is 1. The molecule has 0 aromatic heterocycles. The van der Waals surface area contributed by atoms with Crippen LogP contribution in [0.15, 0.2) is 42.5 Å². The molecule has 0 saturated heterocycles. The average Bonchev–Trinajstić information content (AvgIpc) is 2.50. The Labute approximate surface area is 129 Å². The van der Waals surface area contributed by atoms with E-state index in [4.69, 9.17) is 16.3 Å². The topological polar surface area (TPSA) is 21.3 Å². The Bertz CT molecular complexity index is 603. The first kappa shape index (κ1) is 15.8. The summed E-state index contributed by atoms with van der Waals surface area (Å²) < 4.78 is 19.5. The molecule has 1 N–H and O–H groups in total. The predicted molar refractivity (Wildman–Crippen MR) is 84.6 cm³/mol. The fourth-order valence-corrected chi connectivity index (χ4v) is 2.39. The zero-order valence-corrected chi connectivity index (χ0v) is 13.0. The molecule has 2 rings (SSSR count). The molecule has 21 heavy (non-hydrogen) atoms. The Morgan fingerprint density at radius 2 is 1.95 bits per heavy atom. The second-order valence-corrected chi connectivity index (χ2v) is 5.15. The lowest BCUT2D eigenvalue weighted by atomic mass is 10.0. The molecule has 112 valence electrons. The van der Waals surface area contributed by atoms with E-state index in [9.17, 15) is 4.39 Å². The number of nitrogens with one attached hydrogen (secondary N) is 1. The zero-order chi connectivity index (χ0) is 15.2. The van der Waals surface area contributed by atoms with E-state index < -0.39 is 5.82 Å². The van der Waals surface area contributed by atoms with E-state index in [1.165, 1.54) is 6.07 Å². The molecule has 2 aromatic rings. The van der Waals surface area contributed by atoms with Crippen molar-refractivity contribution >= 4 is 11.6 Å². The van der Waals surface area contributed by atoms with Gasteiger partial charge in [-0.3, -0.25) is 0 Å². The molecule has 2 nitrogen and oxygen atoms in total. The molecule has 1 atom stereocenters. The van der Waals surface area contributed by atoms with Crippen molar-refractivity contribution in [2.24, 2.45) is 0 Å². The van der Waals surface area contributed by atoms with Gasteiger partial charge in [-0.25, -0.2) is 4.39 Å². The molecule has 0 heterocycles.